The van der Waals surface area contributed by atoms with Gasteiger partial charge in [-0.2, -0.15) is 5.26 Å². The molecule has 0 aliphatic rings. The summed E-state index contributed by atoms with van der Waals surface area (Å²) in [5.74, 6) is 0.958. The van der Waals surface area contributed by atoms with Gasteiger partial charge in [-0.15, -0.1) is 0 Å². The van der Waals surface area contributed by atoms with E-state index in [0.717, 1.165) is 16.1 Å². The largest absolute Gasteiger partial charge is 0.192 e. The van der Waals surface area contributed by atoms with Crippen LogP contribution in [0.5, 0.6) is 0 Å². The van der Waals surface area contributed by atoms with Crippen molar-refractivity contribution in [2.45, 2.75) is 39.5 Å². The Hall–Kier alpha value is -1.78. The molecule has 2 rings (SSSR count). The quantitative estimate of drug-likeness (QED) is 0.653. The molecular weight excluding hydrogens is 278 g/mol. The first kappa shape index (κ1) is 17.3. The SMILES string of the molecule is CC(C)c1ccccc1C#N.CC(C)c1ccccc1Cl. The van der Waals surface area contributed by atoms with Crippen LogP contribution in [0.1, 0.15) is 56.2 Å². The summed E-state index contributed by atoms with van der Waals surface area (Å²) in [5, 5.41) is 9.59. The van der Waals surface area contributed by atoms with Crippen LogP contribution < -0.4 is 0 Å². The van der Waals surface area contributed by atoms with E-state index in [1.54, 1.807) is 0 Å². The first-order chi connectivity index (χ1) is 9.97. The van der Waals surface area contributed by atoms with Crippen molar-refractivity contribution in [3.05, 3.63) is 70.2 Å². The molecule has 0 unspecified atom stereocenters. The van der Waals surface area contributed by atoms with Crippen LogP contribution >= 0.6 is 11.6 Å². The highest BCUT2D eigenvalue weighted by molar-refractivity contribution is 6.31. The molecule has 21 heavy (non-hydrogen) atoms. The van der Waals surface area contributed by atoms with Gasteiger partial charge >= 0.3 is 0 Å². The minimum absolute atomic E-state index is 0.436. The summed E-state index contributed by atoms with van der Waals surface area (Å²) in [4.78, 5) is 0. The highest BCUT2D eigenvalue weighted by atomic mass is 35.5. The van der Waals surface area contributed by atoms with Crippen LogP contribution in [0.4, 0.5) is 0 Å². The number of nitriles is 1. The van der Waals surface area contributed by atoms with Gasteiger partial charge in [0.1, 0.15) is 0 Å². The lowest BCUT2D eigenvalue weighted by Gasteiger charge is -2.05. The molecule has 2 aromatic carbocycles. The van der Waals surface area contributed by atoms with Gasteiger partial charge in [-0.3, -0.25) is 0 Å². The molecule has 110 valence electrons. The number of hydrogen-bond donors (Lipinski definition) is 0. The Balaban J connectivity index is 0.000000211. The molecule has 0 saturated carbocycles. The zero-order chi connectivity index (χ0) is 15.8. The molecule has 1 nitrogen and oxygen atoms in total. The van der Waals surface area contributed by atoms with Crippen molar-refractivity contribution in [3.8, 4) is 6.07 Å². The average molecular weight is 300 g/mol. The summed E-state index contributed by atoms with van der Waals surface area (Å²) in [7, 11) is 0. The lowest BCUT2D eigenvalue weighted by molar-refractivity contribution is 0.862. The number of nitrogens with zero attached hydrogens (tertiary/aromatic N) is 1. The van der Waals surface area contributed by atoms with E-state index < -0.39 is 0 Å². The van der Waals surface area contributed by atoms with E-state index in [2.05, 4.69) is 39.8 Å². The zero-order valence-corrected chi connectivity index (χ0v) is 13.9. The van der Waals surface area contributed by atoms with Gasteiger partial charge in [0, 0.05) is 5.02 Å². The summed E-state index contributed by atoms with van der Waals surface area (Å²) in [6, 6.07) is 17.9. The van der Waals surface area contributed by atoms with Gasteiger partial charge in [-0.05, 0) is 35.1 Å². The van der Waals surface area contributed by atoms with E-state index in [-0.39, 0.29) is 0 Å². The molecule has 0 heterocycles. The van der Waals surface area contributed by atoms with Crippen molar-refractivity contribution in [2.24, 2.45) is 0 Å². The van der Waals surface area contributed by atoms with Crippen LogP contribution in [0.2, 0.25) is 5.02 Å². The Morgan fingerprint density at radius 3 is 1.67 bits per heavy atom. The molecule has 0 aliphatic heterocycles. The average Bonchev–Trinajstić information content (AvgIpc) is 2.48. The van der Waals surface area contributed by atoms with Crippen LogP contribution in [0, 0.1) is 11.3 Å². The summed E-state index contributed by atoms with van der Waals surface area (Å²) in [6.07, 6.45) is 0. The second-order valence-electron chi connectivity index (χ2n) is 5.53. The van der Waals surface area contributed by atoms with Gasteiger partial charge in [0.05, 0.1) is 11.6 Å². The van der Waals surface area contributed by atoms with Gasteiger partial charge < -0.3 is 0 Å². The smallest absolute Gasteiger partial charge is 0.0994 e. The van der Waals surface area contributed by atoms with Crippen molar-refractivity contribution in [1.82, 2.24) is 0 Å². The Bertz CT molecular complexity index is 609. The topological polar surface area (TPSA) is 23.8 Å². The monoisotopic (exact) mass is 299 g/mol. The summed E-state index contributed by atoms with van der Waals surface area (Å²) < 4.78 is 0. The molecule has 2 aromatic rings. The number of benzene rings is 2. The van der Waals surface area contributed by atoms with Crippen molar-refractivity contribution < 1.29 is 0 Å². The fourth-order valence-corrected chi connectivity index (χ4v) is 2.40. The minimum Gasteiger partial charge on any atom is -0.192 e. The highest BCUT2D eigenvalue weighted by Gasteiger charge is 2.03. The van der Waals surface area contributed by atoms with Crippen LogP contribution in [0.3, 0.4) is 0 Å². The van der Waals surface area contributed by atoms with Crippen molar-refractivity contribution >= 4 is 11.6 Å². The predicted molar refractivity (Wildman–Crippen MR) is 90.8 cm³/mol. The molecular formula is C19H22ClN. The molecule has 0 atom stereocenters. The van der Waals surface area contributed by atoms with Crippen LogP contribution in [-0.2, 0) is 0 Å². The molecule has 0 saturated heterocycles. The number of hydrogen-bond acceptors (Lipinski definition) is 1. The molecule has 0 aromatic heterocycles. The van der Waals surface area contributed by atoms with Gasteiger partial charge in [0.25, 0.3) is 0 Å². The Labute approximate surface area is 133 Å². The minimum atomic E-state index is 0.436. The van der Waals surface area contributed by atoms with E-state index in [0.29, 0.717) is 11.8 Å². The van der Waals surface area contributed by atoms with Crippen molar-refractivity contribution in [1.29, 1.82) is 5.26 Å². The first-order valence-corrected chi connectivity index (χ1v) is 7.58. The van der Waals surface area contributed by atoms with Crippen LogP contribution in [-0.4, -0.2) is 0 Å². The maximum atomic E-state index is 8.72. The third-order valence-corrected chi connectivity index (χ3v) is 3.57. The van der Waals surface area contributed by atoms with Gasteiger partial charge in [0.15, 0.2) is 0 Å². The Morgan fingerprint density at radius 1 is 0.810 bits per heavy atom. The molecule has 0 radical (unpaired) electrons. The van der Waals surface area contributed by atoms with E-state index in [4.69, 9.17) is 16.9 Å². The number of rotatable bonds is 2. The Kier molecular flexibility index (Phi) is 6.99. The fourth-order valence-electron chi connectivity index (χ4n) is 2.05. The van der Waals surface area contributed by atoms with Crippen LogP contribution in [0.15, 0.2) is 48.5 Å². The standard InChI is InChI=1S/C10H11N.C9H11Cl/c1-8(2)10-6-4-3-5-9(10)7-11;1-7(2)8-5-3-4-6-9(8)10/h3-6,8H,1-2H3;3-7H,1-2H3. The van der Waals surface area contributed by atoms with Gasteiger partial charge in [-0.25, -0.2) is 0 Å². The van der Waals surface area contributed by atoms with E-state index >= 15 is 0 Å². The zero-order valence-electron chi connectivity index (χ0n) is 13.1. The Morgan fingerprint density at radius 2 is 1.29 bits per heavy atom. The summed E-state index contributed by atoms with van der Waals surface area (Å²) >= 11 is 5.92. The van der Waals surface area contributed by atoms with Crippen molar-refractivity contribution in [3.63, 3.8) is 0 Å². The lowest BCUT2D eigenvalue weighted by atomic mass is 9.98. The summed E-state index contributed by atoms with van der Waals surface area (Å²) in [5.41, 5.74) is 3.15. The molecule has 0 spiro atoms. The predicted octanol–water partition coefficient (Wildman–Crippen LogP) is 6.15. The third-order valence-electron chi connectivity index (χ3n) is 3.23. The number of halogens is 1. The molecule has 0 amide bonds. The lowest BCUT2D eigenvalue weighted by Crippen LogP contribution is -1.90. The maximum absolute atomic E-state index is 8.72. The third kappa shape index (κ3) is 5.25. The van der Waals surface area contributed by atoms with Crippen molar-refractivity contribution in [2.75, 3.05) is 0 Å². The van der Waals surface area contributed by atoms with E-state index in [9.17, 15) is 0 Å². The molecule has 0 fully saturated rings. The molecule has 0 aliphatic carbocycles. The second-order valence-corrected chi connectivity index (χ2v) is 5.94. The van der Waals surface area contributed by atoms with E-state index in [1.807, 2.05) is 42.5 Å². The summed E-state index contributed by atoms with van der Waals surface area (Å²) in [6.45, 7) is 8.47. The maximum Gasteiger partial charge on any atom is 0.0994 e. The van der Waals surface area contributed by atoms with E-state index in [1.165, 1.54) is 5.56 Å². The van der Waals surface area contributed by atoms with Gasteiger partial charge in [-0.1, -0.05) is 75.7 Å². The van der Waals surface area contributed by atoms with Crippen LogP contribution in [0.25, 0.3) is 0 Å². The molecule has 0 N–H and O–H groups in total. The first-order valence-electron chi connectivity index (χ1n) is 7.20. The fraction of sp³-hybridized carbons (Fsp3) is 0.316. The van der Waals surface area contributed by atoms with Gasteiger partial charge in [0.2, 0.25) is 0 Å². The second kappa shape index (κ2) is 8.49. The molecule has 0 bridgehead atoms. The normalized spacial score (nSPS) is 10.0. The highest BCUT2D eigenvalue weighted by Crippen LogP contribution is 2.22. The molecule has 2 heteroatoms.